The molecule has 1 fully saturated rings. The fourth-order valence-corrected chi connectivity index (χ4v) is 3.73. The van der Waals surface area contributed by atoms with Gasteiger partial charge < -0.3 is 20.4 Å². The first-order valence-electron chi connectivity index (χ1n) is 10.8. The van der Waals surface area contributed by atoms with Gasteiger partial charge in [-0.3, -0.25) is 9.59 Å². The van der Waals surface area contributed by atoms with Gasteiger partial charge in [-0.05, 0) is 82.7 Å². The van der Waals surface area contributed by atoms with Crippen molar-refractivity contribution in [3.05, 3.63) is 59.4 Å². The summed E-state index contributed by atoms with van der Waals surface area (Å²) < 4.78 is 13.5. The molecule has 0 unspecified atom stereocenters. The topological polar surface area (TPSA) is 64.7 Å². The van der Waals surface area contributed by atoms with E-state index in [2.05, 4.69) is 20.4 Å². The van der Waals surface area contributed by atoms with Gasteiger partial charge in [0.2, 0.25) is 0 Å². The zero-order valence-corrected chi connectivity index (χ0v) is 18.3. The number of carbonyl (C=O) groups is 2. The van der Waals surface area contributed by atoms with Crippen molar-refractivity contribution in [2.24, 2.45) is 0 Å². The molecule has 0 aliphatic carbocycles. The molecule has 2 aromatic rings. The van der Waals surface area contributed by atoms with Crippen molar-refractivity contribution in [2.45, 2.75) is 25.7 Å². The molecule has 166 valence electrons. The molecule has 0 bridgehead atoms. The molecule has 3 rings (SSSR count). The quantitative estimate of drug-likeness (QED) is 0.631. The van der Waals surface area contributed by atoms with Crippen LogP contribution in [0.1, 0.15) is 46.4 Å². The molecule has 31 heavy (non-hydrogen) atoms. The Hall–Kier alpha value is -2.93. The van der Waals surface area contributed by atoms with Crippen LogP contribution in [0.4, 0.5) is 15.8 Å². The maximum atomic E-state index is 13.5. The lowest BCUT2D eigenvalue weighted by Gasteiger charge is -2.30. The van der Waals surface area contributed by atoms with Gasteiger partial charge in [-0.2, -0.15) is 0 Å². The molecule has 0 spiro atoms. The van der Waals surface area contributed by atoms with Gasteiger partial charge in [-0.1, -0.05) is 6.07 Å². The van der Waals surface area contributed by atoms with Crippen molar-refractivity contribution < 1.29 is 14.0 Å². The molecule has 1 aliphatic rings. The number of carbonyl (C=O) groups excluding carboxylic acids is 2. The second-order valence-corrected chi connectivity index (χ2v) is 8.16. The summed E-state index contributed by atoms with van der Waals surface area (Å²) in [6.07, 6.45) is 4.25. The van der Waals surface area contributed by atoms with E-state index in [0.29, 0.717) is 17.8 Å². The smallest absolute Gasteiger partial charge is 0.255 e. The molecule has 6 nitrogen and oxygen atoms in total. The van der Waals surface area contributed by atoms with Crippen LogP contribution < -0.4 is 15.5 Å². The monoisotopic (exact) mass is 426 g/mol. The zero-order valence-electron chi connectivity index (χ0n) is 18.3. The average molecular weight is 427 g/mol. The number of rotatable bonds is 8. The summed E-state index contributed by atoms with van der Waals surface area (Å²) in [4.78, 5) is 29.8. The Labute approximate surface area is 183 Å². The largest absolute Gasteiger partial charge is 0.371 e. The summed E-state index contributed by atoms with van der Waals surface area (Å²) in [6.45, 7) is 3.30. The minimum atomic E-state index is -0.467. The number of nitrogens with one attached hydrogen (secondary N) is 2. The van der Waals surface area contributed by atoms with Gasteiger partial charge in [0.15, 0.2) is 0 Å². The normalized spacial score (nSPS) is 13.9. The number of halogens is 1. The Morgan fingerprint density at radius 2 is 1.81 bits per heavy atom. The van der Waals surface area contributed by atoms with Gasteiger partial charge in [0.25, 0.3) is 11.8 Å². The predicted molar refractivity (Wildman–Crippen MR) is 122 cm³/mol. The second-order valence-electron chi connectivity index (χ2n) is 8.16. The number of benzene rings is 2. The van der Waals surface area contributed by atoms with E-state index in [1.54, 1.807) is 18.2 Å². The van der Waals surface area contributed by atoms with Crippen LogP contribution in [0.5, 0.6) is 0 Å². The van der Waals surface area contributed by atoms with Crippen molar-refractivity contribution >= 4 is 23.2 Å². The van der Waals surface area contributed by atoms with E-state index in [4.69, 9.17) is 0 Å². The number of piperidine rings is 1. The summed E-state index contributed by atoms with van der Waals surface area (Å²) >= 11 is 0. The Morgan fingerprint density at radius 1 is 1.03 bits per heavy atom. The van der Waals surface area contributed by atoms with E-state index >= 15 is 0 Å². The lowest BCUT2D eigenvalue weighted by molar-refractivity contribution is 0.0951. The highest BCUT2D eigenvalue weighted by atomic mass is 19.1. The SMILES string of the molecule is CN(C)CCCNC(=O)c1cc(NC(=O)c2cccc(F)c2)ccc1N1CCCCC1. The Bertz CT molecular complexity index is 910. The first-order chi connectivity index (χ1) is 14.9. The molecular formula is C24H31FN4O2. The van der Waals surface area contributed by atoms with Gasteiger partial charge in [-0.15, -0.1) is 0 Å². The van der Waals surface area contributed by atoms with Crippen LogP contribution in [-0.2, 0) is 0 Å². The van der Waals surface area contributed by atoms with Crippen molar-refractivity contribution in [2.75, 3.05) is 50.5 Å². The maximum absolute atomic E-state index is 13.5. The van der Waals surface area contributed by atoms with Crippen LogP contribution in [0.3, 0.4) is 0 Å². The highest BCUT2D eigenvalue weighted by Crippen LogP contribution is 2.27. The fraction of sp³-hybridized carbons (Fsp3) is 0.417. The minimum Gasteiger partial charge on any atom is -0.371 e. The zero-order chi connectivity index (χ0) is 22.2. The van der Waals surface area contributed by atoms with E-state index in [1.807, 2.05) is 20.2 Å². The number of anilines is 2. The predicted octanol–water partition coefficient (Wildman–Crippen LogP) is 3.75. The lowest BCUT2D eigenvalue weighted by atomic mass is 10.1. The van der Waals surface area contributed by atoms with Gasteiger partial charge in [0, 0.05) is 36.6 Å². The first kappa shape index (κ1) is 22.7. The van der Waals surface area contributed by atoms with Crippen LogP contribution in [0.2, 0.25) is 0 Å². The Kier molecular flexibility index (Phi) is 8.00. The van der Waals surface area contributed by atoms with Crippen LogP contribution in [0.25, 0.3) is 0 Å². The van der Waals surface area contributed by atoms with E-state index in [9.17, 15) is 14.0 Å². The number of nitrogens with zero attached hydrogens (tertiary/aromatic N) is 2. The lowest BCUT2D eigenvalue weighted by Crippen LogP contribution is -2.33. The third-order valence-corrected chi connectivity index (χ3v) is 5.35. The van der Waals surface area contributed by atoms with Gasteiger partial charge >= 0.3 is 0 Å². The first-order valence-corrected chi connectivity index (χ1v) is 10.8. The van der Waals surface area contributed by atoms with Crippen LogP contribution in [-0.4, -0.2) is 57.0 Å². The van der Waals surface area contributed by atoms with E-state index in [1.165, 1.54) is 24.6 Å². The van der Waals surface area contributed by atoms with E-state index in [-0.39, 0.29) is 11.5 Å². The van der Waals surface area contributed by atoms with Gasteiger partial charge in [-0.25, -0.2) is 4.39 Å². The fourth-order valence-electron chi connectivity index (χ4n) is 3.73. The van der Waals surface area contributed by atoms with E-state index < -0.39 is 11.7 Å². The molecule has 0 saturated carbocycles. The molecule has 1 aliphatic heterocycles. The molecule has 0 aromatic heterocycles. The summed E-state index contributed by atoms with van der Waals surface area (Å²) in [6, 6.07) is 10.9. The molecule has 0 atom stereocenters. The van der Waals surface area contributed by atoms with Gasteiger partial charge in [0.1, 0.15) is 5.82 Å². The van der Waals surface area contributed by atoms with Crippen molar-refractivity contribution in [1.29, 1.82) is 0 Å². The summed E-state index contributed by atoms with van der Waals surface area (Å²) in [5, 5.41) is 5.78. The Morgan fingerprint density at radius 3 is 2.52 bits per heavy atom. The highest BCUT2D eigenvalue weighted by Gasteiger charge is 2.20. The van der Waals surface area contributed by atoms with Crippen LogP contribution >= 0.6 is 0 Å². The second kappa shape index (κ2) is 10.9. The molecule has 7 heteroatoms. The molecular weight excluding hydrogens is 395 g/mol. The van der Waals surface area contributed by atoms with E-state index in [0.717, 1.165) is 44.6 Å². The highest BCUT2D eigenvalue weighted by molar-refractivity contribution is 6.06. The van der Waals surface area contributed by atoms with Crippen molar-refractivity contribution in [1.82, 2.24) is 10.2 Å². The third-order valence-electron chi connectivity index (χ3n) is 5.35. The average Bonchev–Trinajstić information content (AvgIpc) is 2.77. The Balaban J connectivity index is 1.78. The molecule has 1 saturated heterocycles. The third kappa shape index (κ3) is 6.52. The molecule has 2 amide bonds. The summed E-state index contributed by atoms with van der Waals surface area (Å²) in [5.74, 6) is -1.03. The maximum Gasteiger partial charge on any atom is 0.255 e. The van der Waals surface area contributed by atoms with Gasteiger partial charge in [0.05, 0.1) is 5.56 Å². The standard InChI is InChI=1S/C24H31FN4O2/c1-28(2)13-7-12-26-24(31)21-17-20(10-11-22(21)29-14-4-3-5-15-29)27-23(30)18-8-6-9-19(25)16-18/h6,8-11,16-17H,3-5,7,12-15H2,1-2H3,(H,26,31)(H,27,30). The summed E-state index contributed by atoms with van der Waals surface area (Å²) in [7, 11) is 4.00. The minimum absolute atomic E-state index is 0.152. The molecule has 0 radical (unpaired) electrons. The van der Waals surface area contributed by atoms with Crippen LogP contribution in [0.15, 0.2) is 42.5 Å². The summed E-state index contributed by atoms with van der Waals surface area (Å²) in [5.41, 5.74) is 2.17. The molecule has 1 heterocycles. The van der Waals surface area contributed by atoms with Crippen LogP contribution in [0, 0.1) is 5.82 Å². The number of amides is 2. The number of hydrogen-bond acceptors (Lipinski definition) is 4. The number of hydrogen-bond donors (Lipinski definition) is 2. The molecule has 2 N–H and O–H groups in total. The van der Waals surface area contributed by atoms with Crippen molar-refractivity contribution in [3.63, 3.8) is 0 Å². The molecule has 2 aromatic carbocycles. The van der Waals surface area contributed by atoms with Crippen molar-refractivity contribution in [3.8, 4) is 0 Å².